The average molecular weight is 299 g/mol. The van der Waals surface area contributed by atoms with Gasteiger partial charge < -0.3 is 5.32 Å². The summed E-state index contributed by atoms with van der Waals surface area (Å²) in [6, 6.07) is 6.05. The summed E-state index contributed by atoms with van der Waals surface area (Å²) in [4.78, 5) is 2.33. The molecule has 1 N–H and O–H groups in total. The molecule has 0 radical (unpaired) electrons. The molecule has 0 aliphatic carbocycles. The highest BCUT2D eigenvalue weighted by molar-refractivity contribution is 6.30. The third kappa shape index (κ3) is 3.51. The Morgan fingerprint density at radius 3 is 2.75 bits per heavy atom. The number of benzene rings is 1. The molecule has 1 aromatic rings. The van der Waals surface area contributed by atoms with E-state index in [1.807, 2.05) is 12.1 Å². The molecule has 2 atom stereocenters. The van der Waals surface area contributed by atoms with E-state index in [0.29, 0.717) is 24.2 Å². The molecule has 1 aliphatic heterocycles. The summed E-state index contributed by atoms with van der Waals surface area (Å²) in [5, 5.41) is 3.80. The number of hydrogen-bond acceptors (Lipinski definition) is 2. The van der Waals surface area contributed by atoms with Crippen molar-refractivity contribution in [3.05, 3.63) is 34.6 Å². The van der Waals surface area contributed by atoms with Gasteiger partial charge in [0.05, 0.1) is 5.02 Å². The van der Waals surface area contributed by atoms with Crippen LogP contribution >= 0.6 is 11.6 Å². The molecule has 0 saturated carbocycles. The predicted octanol–water partition coefficient (Wildman–Crippen LogP) is 3.69. The summed E-state index contributed by atoms with van der Waals surface area (Å²) >= 11 is 5.86. The molecule has 1 aliphatic rings. The first-order valence-electron chi connectivity index (χ1n) is 7.19. The van der Waals surface area contributed by atoms with Gasteiger partial charge in [-0.15, -0.1) is 0 Å². The maximum atomic E-state index is 14.0. The highest BCUT2D eigenvalue weighted by atomic mass is 35.5. The largest absolute Gasteiger partial charge is 0.311 e. The number of hydrogen-bond donors (Lipinski definition) is 1. The zero-order valence-electron chi connectivity index (χ0n) is 12.7. The van der Waals surface area contributed by atoms with E-state index in [1.165, 1.54) is 0 Å². The van der Waals surface area contributed by atoms with Gasteiger partial charge in [-0.05, 0) is 18.4 Å². The van der Waals surface area contributed by atoms with Crippen molar-refractivity contribution in [2.75, 3.05) is 13.1 Å². The fourth-order valence-electron chi connectivity index (χ4n) is 2.61. The van der Waals surface area contributed by atoms with Gasteiger partial charge in [0.15, 0.2) is 0 Å². The van der Waals surface area contributed by atoms with Crippen molar-refractivity contribution in [3.63, 3.8) is 0 Å². The molecule has 2 unspecified atom stereocenters. The van der Waals surface area contributed by atoms with Crippen LogP contribution in [0.4, 0.5) is 4.39 Å². The average Bonchev–Trinajstić information content (AvgIpc) is 2.36. The van der Waals surface area contributed by atoms with Gasteiger partial charge in [-0.2, -0.15) is 0 Å². The molecule has 4 heteroatoms. The lowest BCUT2D eigenvalue weighted by molar-refractivity contribution is 0.0868. The Hall–Kier alpha value is -0.640. The molecule has 2 rings (SSSR count). The molecule has 1 aromatic carbocycles. The fraction of sp³-hybridized carbons (Fsp3) is 0.625. The Morgan fingerprint density at radius 2 is 2.10 bits per heavy atom. The Balaban J connectivity index is 2.12. The summed E-state index contributed by atoms with van der Waals surface area (Å²) in [5.74, 6) is -0.285. The van der Waals surface area contributed by atoms with Crippen molar-refractivity contribution in [2.45, 2.75) is 46.3 Å². The second-order valence-electron chi connectivity index (χ2n) is 6.82. The number of halogens is 2. The normalized spacial score (nSPS) is 24.9. The van der Waals surface area contributed by atoms with Crippen LogP contribution in [0.25, 0.3) is 0 Å². The topological polar surface area (TPSA) is 15.3 Å². The maximum absolute atomic E-state index is 14.0. The van der Waals surface area contributed by atoms with Gasteiger partial charge in [-0.3, -0.25) is 4.90 Å². The van der Waals surface area contributed by atoms with Crippen molar-refractivity contribution < 1.29 is 4.39 Å². The minimum Gasteiger partial charge on any atom is -0.311 e. The molecule has 0 spiro atoms. The Bertz CT molecular complexity index is 470. The lowest BCUT2D eigenvalue weighted by Gasteiger charge is -2.44. The maximum Gasteiger partial charge on any atom is 0.146 e. The fourth-order valence-corrected chi connectivity index (χ4v) is 2.80. The van der Waals surface area contributed by atoms with Crippen molar-refractivity contribution in [2.24, 2.45) is 5.41 Å². The van der Waals surface area contributed by atoms with E-state index < -0.39 is 0 Å². The van der Waals surface area contributed by atoms with Crippen molar-refractivity contribution in [1.29, 1.82) is 0 Å². The van der Waals surface area contributed by atoms with E-state index in [2.05, 4.69) is 37.9 Å². The summed E-state index contributed by atoms with van der Waals surface area (Å²) in [7, 11) is 0. The summed E-state index contributed by atoms with van der Waals surface area (Å²) < 4.78 is 14.0. The zero-order chi connectivity index (χ0) is 14.9. The lowest BCUT2D eigenvalue weighted by Crippen LogP contribution is -2.59. The van der Waals surface area contributed by atoms with Crippen LogP contribution < -0.4 is 5.32 Å². The standard InChI is InChI=1S/C16H24ClFN2/c1-11-8-19-14(16(2,3)4)10-20(11)9-12-6-5-7-13(17)15(12)18/h5-7,11,14,19H,8-10H2,1-4H3. The first kappa shape index (κ1) is 15.7. The van der Waals surface area contributed by atoms with Gasteiger partial charge in [-0.1, -0.05) is 44.5 Å². The molecule has 1 fully saturated rings. The minimum atomic E-state index is -0.285. The second kappa shape index (κ2) is 6.00. The number of rotatable bonds is 2. The van der Waals surface area contributed by atoms with Gasteiger partial charge in [0, 0.05) is 37.3 Å². The summed E-state index contributed by atoms with van der Waals surface area (Å²) in [6.07, 6.45) is 0. The Morgan fingerprint density at radius 1 is 1.40 bits per heavy atom. The zero-order valence-corrected chi connectivity index (χ0v) is 13.5. The first-order valence-corrected chi connectivity index (χ1v) is 7.57. The summed E-state index contributed by atoms with van der Waals surface area (Å²) in [5.41, 5.74) is 0.879. The van der Waals surface area contributed by atoms with E-state index in [1.54, 1.807) is 6.07 Å². The molecule has 1 saturated heterocycles. The smallest absolute Gasteiger partial charge is 0.146 e. The van der Waals surface area contributed by atoms with Gasteiger partial charge >= 0.3 is 0 Å². The van der Waals surface area contributed by atoms with Gasteiger partial charge in [-0.25, -0.2) is 4.39 Å². The Kier molecular flexibility index (Phi) is 4.73. The van der Waals surface area contributed by atoms with E-state index in [-0.39, 0.29) is 16.3 Å². The quantitative estimate of drug-likeness (QED) is 0.896. The number of nitrogens with zero attached hydrogens (tertiary/aromatic N) is 1. The highest BCUT2D eigenvalue weighted by Crippen LogP contribution is 2.26. The molecule has 0 amide bonds. The SMILES string of the molecule is CC1CNC(C(C)(C)C)CN1Cc1cccc(Cl)c1F. The molecule has 1 heterocycles. The van der Waals surface area contributed by atoms with Gasteiger partial charge in [0.1, 0.15) is 5.82 Å². The van der Waals surface area contributed by atoms with E-state index in [0.717, 1.165) is 13.1 Å². The van der Waals surface area contributed by atoms with Crippen molar-refractivity contribution >= 4 is 11.6 Å². The van der Waals surface area contributed by atoms with Gasteiger partial charge in [0.25, 0.3) is 0 Å². The van der Waals surface area contributed by atoms with Crippen LogP contribution in [0.15, 0.2) is 18.2 Å². The first-order chi connectivity index (χ1) is 9.29. The van der Waals surface area contributed by atoms with Crippen molar-refractivity contribution in [1.82, 2.24) is 10.2 Å². The van der Waals surface area contributed by atoms with Crippen LogP contribution in [-0.4, -0.2) is 30.1 Å². The van der Waals surface area contributed by atoms with Crippen LogP contribution in [0.1, 0.15) is 33.3 Å². The molecular weight excluding hydrogens is 275 g/mol. The monoisotopic (exact) mass is 298 g/mol. The second-order valence-corrected chi connectivity index (χ2v) is 7.23. The van der Waals surface area contributed by atoms with Crippen LogP contribution in [0.5, 0.6) is 0 Å². The van der Waals surface area contributed by atoms with Crippen LogP contribution in [0, 0.1) is 11.2 Å². The van der Waals surface area contributed by atoms with Gasteiger partial charge in [0.2, 0.25) is 0 Å². The van der Waals surface area contributed by atoms with E-state index >= 15 is 0 Å². The lowest BCUT2D eigenvalue weighted by atomic mass is 9.84. The molecule has 0 aromatic heterocycles. The van der Waals surface area contributed by atoms with Crippen molar-refractivity contribution in [3.8, 4) is 0 Å². The molecular formula is C16H24ClFN2. The third-order valence-electron chi connectivity index (χ3n) is 4.15. The van der Waals surface area contributed by atoms with Crippen LogP contribution in [0.3, 0.4) is 0 Å². The third-order valence-corrected chi connectivity index (χ3v) is 4.44. The molecule has 112 valence electrons. The molecule has 20 heavy (non-hydrogen) atoms. The summed E-state index contributed by atoms with van der Waals surface area (Å²) in [6.45, 7) is 11.4. The minimum absolute atomic E-state index is 0.200. The highest BCUT2D eigenvalue weighted by Gasteiger charge is 2.32. The van der Waals surface area contributed by atoms with Crippen LogP contribution in [0.2, 0.25) is 5.02 Å². The Labute approximate surface area is 126 Å². The molecule has 0 bridgehead atoms. The van der Waals surface area contributed by atoms with Crippen LogP contribution in [-0.2, 0) is 6.54 Å². The number of piperazine rings is 1. The van der Waals surface area contributed by atoms with E-state index in [9.17, 15) is 4.39 Å². The molecule has 2 nitrogen and oxygen atoms in total. The number of nitrogens with one attached hydrogen (secondary N) is 1. The predicted molar refractivity (Wildman–Crippen MR) is 82.5 cm³/mol. The van der Waals surface area contributed by atoms with E-state index in [4.69, 9.17) is 11.6 Å².